The number of halogens is 2. The van der Waals surface area contributed by atoms with E-state index in [-0.39, 0.29) is 5.22 Å². The first kappa shape index (κ1) is 17.8. The highest BCUT2D eigenvalue weighted by molar-refractivity contribution is 7.99. The summed E-state index contributed by atoms with van der Waals surface area (Å²) in [7, 11) is 0. The summed E-state index contributed by atoms with van der Waals surface area (Å²) in [6.45, 7) is -1.28. The molecule has 0 atom stereocenters. The molecule has 3 rings (SSSR count). The number of alkyl halides is 2. The van der Waals surface area contributed by atoms with Crippen molar-refractivity contribution >= 4 is 17.4 Å². The van der Waals surface area contributed by atoms with Crippen molar-refractivity contribution < 1.29 is 22.9 Å². The van der Waals surface area contributed by atoms with Gasteiger partial charge in [-0.3, -0.25) is 10.1 Å². The standard InChI is InChI=1S/C16H11F2N3O4S/c1-9-4-2-3-5-11(9)14-19-20-16(25-14)26-10-6-7-12(21(22)23)13(8-10)24-15(17)18/h2-8,15H,1H3. The SMILES string of the molecule is Cc1ccccc1-c1nnc(Sc2ccc([N+](=O)[O-])c(OC(F)F)c2)o1. The fourth-order valence-electron chi connectivity index (χ4n) is 2.17. The van der Waals surface area contributed by atoms with Crippen LogP contribution in [0.2, 0.25) is 0 Å². The number of nitro groups is 1. The molecular weight excluding hydrogens is 368 g/mol. The highest BCUT2D eigenvalue weighted by atomic mass is 32.2. The molecule has 0 aliphatic heterocycles. The highest BCUT2D eigenvalue weighted by Gasteiger charge is 2.20. The number of hydrogen-bond acceptors (Lipinski definition) is 7. The lowest BCUT2D eigenvalue weighted by molar-refractivity contribution is -0.386. The van der Waals surface area contributed by atoms with Gasteiger partial charge in [0, 0.05) is 22.6 Å². The maximum atomic E-state index is 12.5. The first-order valence-corrected chi connectivity index (χ1v) is 8.06. The van der Waals surface area contributed by atoms with Crippen LogP contribution in [0.3, 0.4) is 0 Å². The molecule has 0 N–H and O–H groups in total. The van der Waals surface area contributed by atoms with E-state index in [9.17, 15) is 18.9 Å². The van der Waals surface area contributed by atoms with Crippen molar-refractivity contribution in [3.63, 3.8) is 0 Å². The molecule has 0 radical (unpaired) electrons. The van der Waals surface area contributed by atoms with Gasteiger partial charge in [-0.05, 0) is 36.4 Å². The number of ether oxygens (including phenoxy) is 1. The van der Waals surface area contributed by atoms with Crippen molar-refractivity contribution in [2.45, 2.75) is 23.7 Å². The average Bonchev–Trinajstić information content (AvgIpc) is 3.03. The molecule has 10 heteroatoms. The predicted octanol–water partition coefficient (Wildman–Crippen LogP) is 4.71. The maximum absolute atomic E-state index is 12.5. The van der Waals surface area contributed by atoms with Gasteiger partial charge >= 0.3 is 12.3 Å². The molecule has 0 unspecified atom stereocenters. The number of nitrogens with zero attached hydrogens (tertiary/aromatic N) is 3. The molecule has 1 aromatic heterocycles. The summed E-state index contributed by atoms with van der Waals surface area (Å²) in [4.78, 5) is 10.5. The molecule has 1 heterocycles. The third kappa shape index (κ3) is 3.97. The van der Waals surface area contributed by atoms with Gasteiger partial charge in [-0.1, -0.05) is 18.2 Å². The number of aryl methyl sites for hydroxylation is 1. The Bertz CT molecular complexity index is 949. The first-order chi connectivity index (χ1) is 12.4. The third-order valence-electron chi connectivity index (χ3n) is 3.33. The largest absolute Gasteiger partial charge is 0.427 e. The minimum Gasteiger partial charge on any atom is -0.427 e. The van der Waals surface area contributed by atoms with Crippen molar-refractivity contribution in [3.05, 3.63) is 58.1 Å². The molecule has 0 bridgehead atoms. The second-order valence-corrected chi connectivity index (χ2v) is 6.08. The third-order valence-corrected chi connectivity index (χ3v) is 4.16. The van der Waals surface area contributed by atoms with Gasteiger partial charge < -0.3 is 9.15 Å². The van der Waals surface area contributed by atoms with Gasteiger partial charge in [0.2, 0.25) is 11.6 Å². The number of rotatable bonds is 6. The van der Waals surface area contributed by atoms with Gasteiger partial charge in [-0.2, -0.15) is 8.78 Å². The summed E-state index contributed by atoms with van der Waals surface area (Å²) in [5.41, 5.74) is 1.17. The molecule has 0 aliphatic carbocycles. The Hall–Kier alpha value is -3.01. The van der Waals surface area contributed by atoms with E-state index >= 15 is 0 Å². The number of benzene rings is 2. The van der Waals surface area contributed by atoms with Gasteiger partial charge in [0.1, 0.15) is 0 Å². The minimum absolute atomic E-state index is 0.167. The van der Waals surface area contributed by atoms with Crippen LogP contribution in [0.1, 0.15) is 5.56 Å². The van der Waals surface area contributed by atoms with E-state index in [4.69, 9.17) is 4.42 Å². The van der Waals surface area contributed by atoms with Crippen LogP contribution in [0.25, 0.3) is 11.5 Å². The summed E-state index contributed by atoms with van der Waals surface area (Å²) in [6, 6.07) is 11.0. The van der Waals surface area contributed by atoms with E-state index in [2.05, 4.69) is 14.9 Å². The van der Waals surface area contributed by atoms with Crippen molar-refractivity contribution in [3.8, 4) is 17.2 Å². The average molecular weight is 379 g/mol. The maximum Gasteiger partial charge on any atom is 0.387 e. The predicted molar refractivity (Wildman–Crippen MR) is 88.3 cm³/mol. The number of hydrogen-bond donors (Lipinski definition) is 0. The normalized spacial score (nSPS) is 10.9. The van der Waals surface area contributed by atoms with Crippen molar-refractivity contribution in [2.75, 3.05) is 0 Å². The summed E-state index contributed by atoms with van der Waals surface area (Å²) in [5.74, 6) is -0.217. The summed E-state index contributed by atoms with van der Waals surface area (Å²) >= 11 is 0.983. The molecule has 0 saturated carbocycles. The van der Waals surface area contributed by atoms with Gasteiger partial charge in [0.25, 0.3) is 5.22 Å². The lowest BCUT2D eigenvalue weighted by Crippen LogP contribution is -2.04. The fourth-order valence-corrected chi connectivity index (χ4v) is 2.88. The molecule has 3 aromatic rings. The summed E-state index contributed by atoms with van der Waals surface area (Å²) in [6.07, 6.45) is 0. The Kier molecular flexibility index (Phi) is 5.12. The van der Waals surface area contributed by atoms with Crippen LogP contribution < -0.4 is 4.74 Å². The van der Waals surface area contributed by atoms with Crippen molar-refractivity contribution in [1.29, 1.82) is 0 Å². The zero-order chi connectivity index (χ0) is 18.7. The van der Waals surface area contributed by atoms with Crippen LogP contribution in [0.4, 0.5) is 14.5 Å². The van der Waals surface area contributed by atoms with Crippen LogP contribution in [-0.4, -0.2) is 21.7 Å². The molecule has 7 nitrogen and oxygen atoms in total. The Balaban J connectivity index is 1.85. The zero-order valence-corrected chi connectivity index (χ0v) is 14.1. The molecule has 0 saturated heterocycles. The minimum atomic E-state index is -3.18. The van der Waals surface area contributed by atoms with Gasteiger partial charge in [0.15, 0.2) is 0 Å². The molecule has 0 fully saturated rings. The second kappa shape index (κ2) is 7.48. The molecule has 134 valence electrons. The van der Waals surface area contributed by atoms with E-state index in [0.717, 1.165) is 35.0 Å². The lowest BCUT2D eigenvalue weighted by Gasteiger charge is -2.06. The molecule has 2 aromatic carbocycles. The first-order valence-electron chi connectivity index (χ1n) is 7.24. The quantitative estimate of drug-likeness (QED) is 0.452. The summed E-state index contributed by atoms with van der Waals surface area (Å²) in [5, 5.41) is 18.9. The summed E-state index contributed by atoms with van der Waals surface area (Å²) < 4.78 is 34.7. The Morgan fingerprint density at radius 3 is 2.69 bits per heavy atom. The second-order valence-electron chi connectivity index (χ2n) is 5.06. The Morgan fingerprint density at radius 1 is 1.23 bits per heavy atom. The van der Waals surface area contributed by atoms with E-state index in [1.54, 1.807) is 0 Å². The van der Waals surface area contributed by atoms with E-state index in [0.29, 0.717) is 10.8 Å². The fraction of sp³-hybridized carbons (Fsp3) is 0.125. The lowest BCUT2D eigenvalue weighted by atomic mass is 10.1. The molecular formula is C16H11F2N3O4S. The van der Waals surface area contributed by atoms with E-state index < -0.39 is 23.0 Å². The van der Waals surface area contributed by atoms with Crippen LogP contribution >= 0.6 is 11.8 Å². The van der Waals surface area contributed by atoms with Gasteiger partial charge in [-0.25, -0.2) is 0 Å². The van der Waals surface area contributed by atoms with Crippen LogP contribution in [0, 0.1) is 17.0 Å². The number of nitro benzene ring substituents is 1. The van der Waals surface area contributed by atoms with Crippen LogP contribution in [0.15, 0.2) is 57.0 Å². The molecule has 0 spiro atoms. The molecule has 26 heavy (non-hydrogen) atoms. The van der Waals surface area contributed by atoms with Gasteiger partial charge in [0.05, 0.1) is 4.92 Å². The Labute approximate surface area is 150 Å². The van der Waals surface area contributed by atoms with Crippen LogP contribution in [0.5, 0.6) is 5.75 Å². The van der Waals surface area contributed by atoms with E-state index in [1.807, 2.05) is 31.2 Å². The molecule has 0 aliphatic rings. The van der Waals surface area contributed by atoms with Crippen molar-refractivity contribution in [2.24, 2.45) is 0 Å². The van der Waals surface area contributed by atoms with Gasteiger partial charge in [-0.15, -0.1) is 10.2 Å². The van der Waals surface area contributed by atoms with Crippen molar-refractivity contribution in [1.82, 2.24) is 10.2 Å². The van der Waals surface area contributed by atoms with E-state index in [1.165, 1.54) is 6.07 Å². The topological polar surface area (TPSA) is 91.3 Å². The number of aromatic nitrogens is 2. The highest BCUT2D eigenvalue weighted by Crippen LogP contribution is 2.36. The smallest absolute Gasteiger partial charge is 0.387 e. The Morgan fingerprint density at radius 2 is 2.00 bits per heavy atom. The monoisotopic (exact) mass is 379 g/mol. The zero-order valence-electron chi connectivity index (χ0n) is 13.3. The van der Waals surface area contributed by atoms with Crippen LogP contribution in [-0.2, 0) is 0 Å². The molecule has 0 amide bonds.